The topological polar surface area (TPSA) is 29.5 Å². The zero-order chi connectivity index (χ0) is 13.2. The Hall–Kier alpha value is -1.02. The van der Waals surface area contributed by atoms with Crippen molar-refractivity contribution in [3.05, 3.63) is 29.8 Å². The van der Waals surface area contributed by atoms with Crippen molar-refractivity contribution < 1.29 is 9.84 Å². The predicted octanol–water partition coefficient (Wildman–Crippen LogP) is 3.77. The van der Waals surface area contributed by atoms with Gasteiger partial charge in [0.2, 0.25) is 0 Å². The van der Waals surface area contributed by atoms with Crippen molar-refractivity contribution >= 4 is 0 Å². The SMILES string of the molecule is CC1CC(Oc2ccccc2CO)CC(C)(C)C1. The molecule has 0 aromatic heterocycles. The zero-order valence-corrected chi connectivity index (χ0v) is 11.6. The second-order valence-electron chi connectivity index (χ2n) is 6.42. The van der Waals surface area contributed by atoms with Gasteiger partial charge in [-0.2, -0.15) is 0 Å². The third-order valence-electron chi connectivity index (χ3n) is 3.78. The summed E-state index contributed by atoms with van der Waals surface area (Å²) < 4.78 is 6.12. The van der Waals surface area contributed by atoms with E-state index in [1.165, 1.54) is 6.42 Å². The van der Waals surface area contributed by atoms with Crippen LogP contribution < -0.4 is 4.74 Å². The van der Waals surface area contributed by atoms with E-state index in [2.05, 4.69) is 20.8 Å². The minimum absolute atomic E-state index is 0.0435. The molecule has 2 unspecified atom stereocenters. The molecule has 1 aliphatic carbocycles. The molecule has 1 N–H and O–H groups in total. The maximum Gasteiger partial charge on any atom is 0.125 e. The van der Waals surface area contributed by atoms with E-state index in [-0.39, 0.29) is 12.7 Å². The van der Waals surface area contributed by atoms with E-state index in [0.717, 1.165) is 24.2 Å². The van der Waals surface area contributed by atoms with E-state index in [4.69, 9.17) is 4.74 Å². The van der Waals surface area contributed by atoms with Crippen molar-refractivity contribution in [2.75, 3.05) is 0 Å². The van der Waals surface area contributed by atoms with Gasteiger partial charge in [0.25, 0.3) is 0 Å². The normalized spacial score (nSPS) is 26.9. The minimum atomic E-state index is 0.0435. The summed E-state index contributed by atoms with van der Waals surface area (Å²) in [6, 6.07) is 7.78. The molecule has 2 heteroatoms. The molecule has 18 heavy (non-hydrogen) atoms. The second-order valence-corrected chi connectivity index (χ2v) is 6.42. The van der Waals surface area contributed by atoms with E-state index in [1.54, 1.807) is 0 Å². The van der Waals surface area contributed by atoms with Gasteiger partial charge in [-0.15, -0.1) is 0 Å². The fourth-order valence-corrected chi connectivity index (χ4v) is 3.28. The largest absolute Gasteiger partial charge is 0.490 e. The van der Waals surface area contributed by atoms with Crippen LogP contribution in [0, 0.1) is 11.3 Å². The quantitative estimate of drug-likeness (QED) is 0.882. The van der Waals surface area contributed by atoms with Crippen molar-refractivity contribution in [2.45, 2.75) is 52.7 Å². The Kier molecular flexibility index (Phi) is 3.96. The smallest absolute Gasteiger partial charge is 0.125 e. The van der Waals surface area contributed by atoms with E-state index >= 15 is 0 Å². The van der Waals surface area contributed by atoms with Gasteiger partial charge in [0.1, 0.15) is 5.75 Å². The fourth-order valence-electron chi connectivity index (χ4n) is 3.28. The lowest BCUT2D eigenvalue weighted by Crippen LogP contribution is -2.34. The second kappa shape index (κ2) is 5.31. The molecule has 1 aliphatic rings. The number of aliphatic hydroxyl groups is 1. The molecular weight excluding hydrogens is 224 g/mol. The Labute approximate surface area is 110 Å². The Morgan fingerprint density at radius 2 is 2.00 bits per heavy atom. The molecule has 0 heterocycles. The molecule has 2 rings (SSSR count). The first-order chi connectivity index (χ1) is 8.50. The summed E-state index contributed by atoms with van der Waals surface area (Å²) in [4.78, 5) is 0. The van der Waals surface area contributed by atoms with Crippen LogP contribution in [0.25, 0.3) is 0 Å². The first-order valence-corrected chi connectivity index (χ1v) is 6.85. The summed E-state index contributed by atoms with van der Waals surface area (Å²) >= 11 is 0. The van der Waals surface area contributed by atoms with Gasteiger partial charge in [0.05, 0.1) is 12.7 Å². The van der Waals surface area contributed by atoms with Crippen LogP contribution >= 0.6 is 0 Å². The average Bonchev–Trinajstić information content (AvgIpc) is 2.27. The lowest BCUT2D eigenvalue weighted by Gasteiger charge is -2.39. The zero-order valence-electron chi connectivity index (χ0n) is 11.6. The van der Waals surface area contributed by atoms with Crippen LogP contribution in [0.15, 0.2) is 24.3 Å². The Balaban J connectivity index is 2.09. The third kappa shape index (κ3) is 3.26. The molecule has 0 amide bonds. The van der Waals surface area contributed by atoms with Gasteiger partial charge >= 0.3 is 0 Å². The Bertz CT molecular complexity index is 398. The molecule has 1 aromatic carbocycles. The monoisotopic (exact) mass is 248 g/mol. The summed E-state index contributed by atoms with van der Waals surface area (Å²) in [6.07, 6.45) is 3.76. The van der Waals surface area contributed by atoms with E-state index < -0.39 is 0 Å². The van der Waals surface area contributed by atoms with Gasteiger partial charge in [0.15, 0.2) is 0 Å². The average molecular weight is 248 g/mol. The molecule has 2 atom stereocenters. The molecule has 100 valence electrons. The molecule has 1 aromatic rings. The highest BCUT2D eigenvalue weighted by Crippen LogP contribution is 2.40. The maximum atomic E-state index is 9.32. The number of rotatable bonds is 3. The summed E-state index contributed by atoms with van der Waals surface area (Å²) in [7, 11) is 0. The number of benzene rings is 1. The number of hydrogen-bond acceptors (Lipinski definition) is 2. The molecule has 2 nitrogen and oxygen atoms in total. The number of hydrogen-bond donors (Lipinski definition) is 1. The van der Waals surface area contributed by atoms with Gasteiger partial charge in [0, 0.05) is 5.56 Å². The van der Waals surface area contributed by atoms with Crippen LogP contribution in [-0.4, -0.2) is 11.2 Å². The summed E-state index contributed by atoms with van der Waals surface area (Å²) in [5.41, 5.74) is 1.24. The predicted molar refractivity (Wildman–Crippen MR) is 73.6 cm³/mol. The van der Waals surface area contributed by atoms with Crippen LogP contribution in [-0.2, 0) is 6.61 Å². The van der Waals surface area contributed by atoms with Crippen molar-refractivity contribution in [3.8, 4) is 5.75 Å². The number of para-hydroxylation sites is 1. The van der Waals surface area contributed by atoms with E-state index in [0.29, 0.717) is 11.3 Å². The molecule has 0 spiro atoms. The lowest BCUT2D eigenvalue weighted by molar-refractivity contribution is 0.0548. The van der Waals surface area contributed by atoms with Crippen molar-refractivity contribution in [1.82, 2.24) is 0 Å². The number of ether oxygens (including phenoxy) is 1. The highest BCUT2D eigenvalue weighted by molar-refractivity contribution is 5.32. The highest BCUT2D eigenvalue weighted by Gasteiger charge is 2.33. The van der Waals surface area contributed by atoms with Gasteiger partial charge < -0.3 is 9.84 Å². The van der Waals surface area contributed by atoms with Crippen LogP contribution in [0.3, 0.4) is 0 Å². The minimum Gasteiger partial charge on any atom is -0.490 e. The summed E-state index contributed by atoms with van der Waals surface area (Å²) in [5, 5.41) is 9.32. The standard InChI is InChI=1S/C16H24O2/c1-12-8-14(10-16(2,3)9-12)18-15-7-5-4-6-13(15)11-17/h4-7,12,14,17H,8-11H2,1-3H3. The van der Waals surface area contributed by atoms with E-state index in [9.17, 15) is 5.11 Å². The molecule has 0 radical (unpaired) electrons. The van der Waals surface area contributed by atoms with Crippen molar-refractivity contribution in [2.24, 2.45) is 11.3 Å². The molecular formula is C16H24O2. The maximum absolute atomic E-state index is 9.32. The molecule has 1 fully saturated rings. The Morgan fingerprint density at radius 1 is 1.28 bits per heavy atom. The van der Waals surface area contributed by atoms with Crippen LogP contribution in [0.5, 0.6) is 5.75 Å². The van der Waals surface area contributed by atoms with Crippen LogP contribution in [0.2, 0.25) is 0 Å². The van der Waals surface area contributed by atoms with Crippen molar-refractivity contribution in [1.29, 1.82) is 0 Å². The Morgan fingerprint density at radius 3 is 2.67 bits per heavy atom. The molecule has 0 bridgehead atoms. The molecule has 0 saturated heterocycles. The van der Waals surface area contributed by atoms with Crippen molar-refractivity contribution in [3.63, 3.8) is 0 Å². The fraction of sp³-hybridized carbons (Fsp3) is 0.625. The first kappa shape index (κ1) is 13.4. The third-order valence-corrected chi connectivity index (χ3v) is 3.78. The molecule has 1 saturated carbocycles. The van der Waals surface area contributed by atoms with Crippen LogP contribution in [0.4, 0.5) is 0 Å². The summed E-state index contributed by atoms with van der Waals surface area (Å²) in [6.45, 7) is 6.98. The van der Waals surface area contributed by atoms with Gasteiger partial charge in [-0.25, -0.2) is 0 Å². The van der Waals surface area contributed by atoms with Gasteiger partial charge in [-0.05, 0) is 36.7 Å². The first-order valence-electron chi connectivity index (χ1n) is 6.85. The van der Waals surface area contributed by atoms with Gasteiger partial charge in [-0.3, -0.25) is 0 Å². The van der Waals surface area contributed by atoms with Gasteiger partial charge in [-0.1, -0.05) is 39.0 Å². The summed E-state index contributed by atoms with van der Waals surface area (Å²) in [5.74, 6) is 1.55. The van der Waals surface area contributed by atoms with Crippen LogP contribution in [0.1, 0.15) is 45.6 Å². The highest BCUT2D eigenvalue weighted by atomic mass is 16.5. The van der Waals surface area contributed by atoms with E-state index in [1.807, 2.05) is 24.3 Å². The molecule has 0 aliphatic heterocycles. The lowest BCUT2D eigenvalue weighted by atomic mass is 9.71. The number of aliphatic hydroxyl groups excluding tert-OH is 1.